The Bertz CT molecular complexity index is 538. The molecule has 1 unspecified atom stereocenters. The first-order valence-corrected chi connectivity index (χ1v) is 5.40. The molecule has 0 saturated carbocycles. The lowest BCUT2D eigenvalue weighted by molar-refractivity contribution is 1.68. The zero-order valence-corrected chi connectivity index (χ0v) is 9.69. The molecule has 2 aromatic carbocycles. The lowest BCUT2D eigenvalue weighted by atomic mass is 10.0. The van der Waals surface area contributed by atoms with E-state index in [-0.39, 0.29) is 0 Å². The fraction of sp³-hybridized carbons (Fsp3) is 0. The smallest absolute Gasteiger partial charge is 0.0171 e. The fourth-order valence-corrected chi connectivity index (χ4v) is 1.98. The van der Waals surface area contributed by atoms with Gasteiger partial charge in [-0.1, -0.05) is 37.4 Å². The summed E-state index contributed by atoms with van der Waals surface area (Å²) in [6.07, 6.45) is 3.73. The van der Waals surface area contributed by atoms with Gasteiger partial charge >= 0.3 is 0 Å². The summed E-state index contributed by atoms with van der Waals surface area (Å²) < 4.78 is 0. The van der Waals surface area contributed by atoms with Crippen molar-refractivity contribution in [1.29, 1.82) is 0 Å². The maximum atomic E-state index is 3.82. The Morgan fingerprint density at radius 3 is 2.07 bits per heavy atom. The zero-order valence-electron chi connectivity index (χ0n) is 8.53. The van der Waals surface area contributed by atoms with Crippen LogP contribution >= 0.6 is 9.24 Å². The third-order valence-corrected chi connectivity index (χ3v) is 2.87. The molecular weight excluding hydrogens is 199 g/mol. The van der Waals surface area contributed by atoms with E-state index in [9.17, 15) is 0 Å². The molecule has 2 aromatic rings. The summed E-state index contributed by atoms with van der Waals surface area (Å²) >= 11 is 0. The highest BCUT2D eigenvalue weighted by atomic mass is 31.0. The molecule has 0 saturated heterocycles. The van der Waals surface area contributed by atoms with Crippen LogP contribution < -0.4 is 5.30 Å². The molecular formula is C14H13P. The Balaban J connectivity index is 2.80. The first-order chi connectivity index (χ1) is 7.24. The van der Waals surface area contributed by atoms with E-state index in [1.165, 1.54) is 16.1 Å². The fourth-order valence-electron chi connectivity index (χ4n) is 1.70. The summed E-state index contributed by atoms with van der Waals surface area (Å²) in [5, 5.41) is 3.67. The predicted octanol–water partition coefficient (Wildman–Crippen LogP) is 3.63. The van der Waals surface area contributed by atoms with Crippen LogP contribution in [0.25, 0.3) is 22.9 Å². The van der Waals surface area contributed by atoms with Crippen molar-refractivity contribution in [1.82, 2.24) is 0 Å². The maximum Gasteiger partial charge on any atom is -0.0171 e. The van der Waals surface area contributed by atoms with Gasteiger partial charge in [0.1, 0.15) is 0 Å². The predicted molar refractivity (Wildman–Crippen MR) is 73.5 cm³/mol. The molecule has 0 fully saturated rings. The van der Waals surface area contributed by atoms with Gasteiger partial charge < -0.3 is 0 Å². The van der Waals surface area contributed by atoms with E-state index in [1.807, 2.05) is 12.2 Å². The molecule has 0 N–H and O–H groups in total. The van der Waals surface area contributed by atoms with Crippen molar-refractivity contribution in [3.63, 3.8) is 0 Å². The molecule has 0 bridgehead atoms. The van der Waals surface area contributed by atoms with Crippen LogP contribution in [0.4, 0.5) is 0 Å². The quantitative estimate of drug-likeness (QED) is 0.667. The summed E-state index contributed by atoms with van der Waals surface area (Å²) in [5.41, 5.74) is 2.27. The molecule has 0 aliphatic carbocycles. The standard InChI is InChI=1S/C14H13P/c1-3-10-7-12-5-6-14(15)9-13(12)8-11(10)4-2/h3-9H,1-2,15H2. The van der Waals surface area contributed by atoms with E-state index in [1.54, 1.807) is 0 Å². The first kappa shape index (κ1) is 10.1. The van der Waals surface area contributed by atoms with Crippen LogP contribution in [0, 0.1) is 0 Å². The highest BCUT2D eigenvalue weighted by Crippen LogP contribution is 2.21. The molecule has 74 valence electrons. The second kappa shape index (κ2) is 4.00. The first-order valence-electron chi connectivity index (χ1n) is 4.83. The van der Waals surface area contributed by atoms with Gasteiger partial charge in [-0.3, -0.25) is 0 Å². The van der Waals surface area contributed by atoms with Gasteiger partial charge in [-0.05, 0) is 45.4 Å². The second-order valence-electron chi connectivity index (χ2n) is 3.50. The van der Waals surface area contributed by atoms with E-state index in [2.05, 4.69) is 52.7 Å². The normalized spacial score (nSPS) is 10.2. The van der Waals surface area contributed by atoms with Crippen molar-refractivity contribution in [2.24, 2.45) is 0 Å². The highest BCUT2D eigenvalue weighted by Gasteiger charge is 1.99. The molecule has 0 nitrogen and oxygen atoms in total. The minimum absolute atomic E-state index is 1.13. The van der Waals surface area contributed by atoms with Gasteiger partial charge in [0.2, 0.25) is 0 Å². The second-order valence-corrected chi connectivity index (χ2v) is 4.16. The number of fused-ring (bicyclic) bond motifs is 1. The number of benzene rings is 2. The molecule has 1 heteroatoms. The molecule has 0 amide bonds. The third-order valence-electron chi connectivity index (χ3n) is 2.51. The van der Waals surface area contributed by atoms with E-state index in [0.29, 0.717) is 0 Å². The van der Waals surface area contributed by atoms with Gasteiger partial charge in [-0.2, -0.15) is 0 Å². The Labute approximate surface area is 92.5 Å². The Kier molecular flexibility index (Phi) is 2.70. The van der Waals surface area contributed by atoms with Crippen molar-refractivity contribution in [3.05, 3.63) is 54.6 Å². The Morgan fingerprint density at radius 1 is 0.867 bits per heavy atom. The van der Waals surface area contributed by atoms with Gasteiger partial charge in [0.05, 0.1) is 0 Å². The van der Waals surface area contributed by atoms with Crippen molar-refractivity contribution in [2.75, 3.05) is 0 Å². The van der Waals surface area contributed by atoms with Crippen LogP contribution in [0.15, 0.2) is 43.5 Å². The molecule has 0 heterocycles. The average Bonchev–Trinajstić information content (AvgIpc) is 2.27. The van der Waals surface area contributed by atoms with Gasteiger partial charge in [0.25, 0.3) is 0 Å². The topological polar surface area (TPSA) is 0 Å². The number of rotatable bonds is 2. The highest BCUT2D eigenvalue weighted by molar-refractivity contribution is 7.27. The minimum atomic E-state index is 1.13. The number of hydrogen-bond donors (Lipinski definition) is 0. The lowest BCUT2D eigenvalue weighted by Crippen LogP contribution is -1.90. The third kappa shape index (κ3) is 1.86. The molecule has 0 radical (unpaired) electrons. The Morgan fingerprint density at radius 2 is 1.47 bits per heavy atom. The molecule has 15 heavy (non-hydrogen) atoms. The SMILES string of the molecule is C=Cc1cc2ccc(P)cc2cc1C=C. The zero-order chi connectivity index (χ0) is 10.8. The molecule has 0 spiro atoms. The lowest BCUT2D eigenvalue weighted by Gasteiger charge is -2.05. The summed E-state index contributed by atoms with van der Waals surface area (Å²) in [5.74, 6) is 0. The maximum absolute atomic E-state index is 3.82. The van der Waals surface area contributed by atoms with Gasteiger partial charge in [-0.25, -0.2) is 0 Å². The Hall–Kier alpha value is -1.39. The minimum Gasteiger partial charge on any atom is -0.106 e. The molecule has 0 aromatic heterocycles. The van der Waals surface area contributed by atoms with Crippen LogP contribution in [-0.4, -0.2) is 0 Å². The number of hydrogen-bond acceptors (Lipinski definition) is 0. The van der Waals surface area contributed by atoms with Crippen LogP contribution in [0.3, 0.4) is 0 Å². The van der Waals surface area contributed by atoms with E-state index < -0.39 is 0 Å². The van der Waals surface area contributed by atoms with Crippen LogP contribution in [0.2, 0.25) is 0 Å². The van der Waals surface area contributed by atoms with Gasteiger partial charge in [0, 0.05) is 0 Å². The van der Waals surface area contributed by atoms with Crippen LogP contribution in [0.1, 0.15) is 11.1 Å². The van der Waals surface area contributed by atoms with Crippen LogP contribution in [-0.2, 0) is 0 Å². The molecule has 1 atom stereocenters. The summed E-state index contributed by atoms with van der Waals surface area (Å²) in [4.78, 5) is 0. The average molecular weight is 212 g/mol. The van der Waals surface area contributed by atoms with E-state index in [4.69, 9.17) is 0 Å². The van der Waals surface area contributed by atoms with Crippen molar-refractivity contribution in [2.45, 2.75) is 0 Å². The van der Waals surface area contributed by atoms with Gasteiger partial charge in [0.15, 0.2) is 0 Å². The van der Waals surface area contributed by atoms with Crippen molar-refractivity contribution < 1.29 is 0 Å². The van der Waals surface area contributed by atoms with Crippen molar-refractivity contribution in [3.8, 4) is 0 Å². The van der Waals surface area contributed by atoms with Gasteiger partial charge in [-0.15, -0.1) is 9.24 Å². The summed E-state index contributed by atoms with van der Waals surface area (Å²) in [6, 6.07) is 10.7. The van der Waals surface area contributed by atoms with E-state index in [0.717, 1.165) is 11.1 Å². The summed E-state index contributed by atoms with van der Waals surface area (Å²) in [7, 11) is 2.71. The largest absolute Gasteiger partial charge is 0.106 e. The molecule has 0 aliphatic heterocycles. The van der Waals surface area contributed by atoms with E-state index >= 15 is 0 Å². The molecule has 2 rings (SSSR count). The summed E-state index contributed by atoms with van der Waals surface area (Å²) in [6.45, 7) is 7.63. The van der Waals surface area contributed by atoms with Crippen LogP contribution in [0.5, 0.6) is 0 Å². The molecule has 0 aliphatic rings. The monoisotopic (exact) mass is 212 g/mol. The van der Waals surface area contributed by atoms with Crippen molar-refractivity contribution >= 4 is 37.5 Å².